The molecule has 3 rings (SSSR count). The molecule has 2 aromatic rings. The zero-order valence-electron chi connectivity index (χ0n) is 8.16. The fraction of sp³-hybridized carbons (Fsp3) is 0.250. The Kier molecular flexibility index (Phi) is 2.22. The predicted octanol–water partition coefficient (Wildman–Crippen LogP) is 3.53. The Labute approximate surface area is 96.4 Å². The largest absolute Gasteiger partial charge is 0.293 e. The topological polar surface area (TPSA) is 17.1 Å². The smallest absolute Gasteiger partial charge is 0.173 e. The molecule has 0 amide bonds. The molecule has 2 aromatic heterocycles. The van der Waals surface area contributed by atoms with Gasteiger partial charge in [0.25, 0.3) is 0 Å². The van der Waals surface area contributed by atoms with Crippen LogP contribution in [0.15, 0.2) is 22.9 Å². The highest BCUT2D eigenvalue weighted by molar-refractivity contribution is 7.12. The van der Waals surface area contributed by atoms with Crippen LogP contribution in [0.4, 0.5) is 0 Å². The summed E-state index contributed by atoms with van der Waals surface area (Å²) in [5.74, 6) is 0.319. The lowest BCUT2D eigenvalue weighted by atomic mass is 9.98. The first-order chi connectivity index (χ1) is 7.34. The molecule has 0 N–H and O–H groups in total. The molecule has 0 aromatic carbocycles. The number of carbonyl (C=O) groups excluding carboxylic acids is 1. The quantitative estimate of drug-likeness (QED) is 0.681. The van der Waals surface area contributed by atoms with Crippen molar-refractivity contribution in [2.75, 3.05) is 0 Å². The van der Waals surface area contributed by atoms with Gasteiger partial charge in [-0.2, -0.15) is 0 Å². The molecule has 3 heteroatoms. The van der Waals surface area contributed by atoms with Gasteiger partial charge in [-0.05, 0) is 40.4 Å². The first-order valence-corrected chi connectivity index (χ1v) is 6.75. The molecule has 2 heterocycles. The molecule has 0 saturated carbocycles. The second-order valence-corrected chi connectivity index (χ2v) is 5.66. The average molecular weight is 234 g/mol. The molecule has 0 bridgehead atoms. The van der Waals surface area contributed by atoms with E-state index >= 15 is 0 Å². The average Bonchev–Trinajstić information content (AvgIpc) is 2.82. The van der Waals surface area contributed by atoms with E-state index < -0.39 is 0 Å². The van der Waals surface area contributed by atoms with Crippen LogP contribution in [0.1, 0.15) is 32.1 Å². The Morgan fingerprint density at radius 2 is 1.80 bits per heavy atom. The van der Waals surface area contributed by atoms with Crippen LogP contribution in [0.3, 0.4) is 0 Å². The van der Waals surface area contributed by atoms with E-state index in [1.54, 1.807) is 22.7 Å². The Morgan fingerprint density at radius 1 is 1.00 bits per heavy atom. The summed E-state index contributed by atoms with van der Waals surface area (Å²) in [6.45, 7) is 0. The van der Waals surface area contributed by atoms with Crippen molar-refractivity contribution in [2.24, 2.45) is 0 Å². The van der Waals surface area contributed by atoms with Gasteiger partial charge in [0.05, 0.1) is 4.88 Å². The third-order valence-electron chi connectivity index (χ3n) is 2.80. The van der Waals surface area contributed by atoms with E-state index in [-0.39, 0.29) is 0 Å². The normalized spacial score (nSPS) is 15.3. The fourth-order valence-corrected chi connectivity index (χ4v) is 3.81. The monoisotopic (exact) mass is 234 g/mol. The number of fused-ring (bicyclic) bond motifs is 2. The number of aryl methyl sites for hydroxylation is 1. The van der Waals surface area contributed by atoms with Crippen molar-refractivity contribution in [3.05, 3.63) is 43.8 Å². The molecule has 15 heavy (non-hydrogen) atoms. The van der Waals surface area contributed by atoms with E-state index in [2.05, 4.69) is 17.5 Å². The number of Topliss-reactive ketones (excluding diaryl/α,β-unsaturated/α-hetero) is 1. The molecular formula is C12H10OS2. The summed E-state index contributed by atoms with van der Waals surface area (Å²) in [4.78, 5) is 14.2. The lowest BCUT2D eigenvalue weighted by Crippen LogP contribution is -2.06. The van der Waals surface area contributed by atoms with E-state index in [1.807, 2.05) is 5.38 Å². The summed E-state index contributed by atoms with van der Waals surface area (Å²) in [7, 11) is 0. The molecule has 1 nitrogen and oxygen atoms in total. The minimum Gasteiger partial charge on any atom is -0.293 e. The van der Waals surface area contributed by atoms with Crippen molar-refractivity contribution < 1.29 is 4.79 Å². The van der Waals surface area contributed by atoms with Crippen molar-refractivity contribution in [3.8, 4) is 0 Å². The standard InChI is InChI=1S/C12H10OS2/c13-10-1-2-11-8(3-5-14-11)7-9-4-6-15-12(9)10/h3-6H,1-2,7H2. The molecule has 0 fully saturated rings. The van der Waals surface area contributed by atoms with Crippen LogP contribution in [0.2, 0.25) is 0 Å². The van der Waals surface area contributed by atoms with Crippen LogP contribution in [0, 0.1) is 0 Å². The van der Waals surface area contributed by atoms with Crippen molar-refractivity contribution >= 4 is 28.5 Å². The Hall–Kier alpha value is -0.930. The first-order valence-electron chi connectivity index (χ1n) is 4.99. The van der Waals surface area contributed by atoms with Crippen molar-refractivity contribution in [1.82, 2.24) is 0 Å². The Bertz CT molecular complexity index is 507. The highest BCUT2D eigenvalue weighted by Crippen LogP contribution is 2.29. The van der Waals surface area contributed by atoms with Gasteiger partial charge in [0.15, 0.2) is 5.78 Å². The fourth-order valence-electron chi connectivity index (χ4n) is 2.01. The van der Waals surface area contributed by atoms with Gasteiger partial charge in [0, 0.05) is 17.7 Å². The van der Waals surface area contributed by atoms with Crippen LogP contribution in [-0.2, 0) is 12.8 Å². The SMILES string of the molecule is O=C1CCc2sccc2Cc2ccsc21. The minimum atomic E-state index is 0.319. The van der Waals surface area contributed by atoms with Crippen LogP contribution in [0.5, 0.6) is 0 Å². The molecular weight excluding hydrogens is 224 g/mol. The molecule has 76 valence electrons. The maximum atomic E-state index is 11.9. The number of ketones is 1. The highest BCUT2D eigenvalue weighted by atomic mass is 32.1. The number of hydrogen-bond acceptors (Lipinski definition) is 3. The number of thiophene rings is 2. The maximum absolute atomic E-state index is 11.9. The summed E-state index contributed by atoms with van der Waals surface area (Å²) in [5.41, 5.74) is 2.62. The van der Waals surface area contributed by atoms with Gasteiger partial charge in [-0.3, -0.25) is 4.79 Å². The van der Waals surface area contributed by atoms with Crippen LogP contribution in [-0.4, -0.2) is 5.78 Å². The molecule has 0 radical (unpaired) electrons. The number of rotatable bonds is 0. The lowest BCUT2D eigenvalue weighted by molar-refractivity contribution is 0.0985. The molecule has 0 saturated heterocycles. The summed E-state index contributed by atoms with van der Waals surface area (Å²) in [6.07, 6.45) is 2.52. The highest BCUT2D eigenvalue weighted by Gasteiger charge is 2.18. The van der Waals surface area contributed by atoms with E-state index in [9.17, 15) is 4.79 Å². The van der Waals surface area contributed by atoms with E-state index in [0.717, 1.165) is 17.7 Å². The van der Waals surface area contributed by atoms with E-state index in [0.29, 0.717) is 12.2 Å². The van der Waals surface area contributed by atoms with Gasteiger partial charge in [-0.1, -0.05) is 0 Å². The van der Waals surface area contributed by atoms with Gasteiger partial charge in [-0.15, -0.1) is 22.7 Å². The molecule has 1 aliphatic rings. The zero-order valence-corrected chi connectivity index (χ0v) is 9.79. The van der Waals surface area contributed by atoms with Gasteiger partial charge < -0.3 is 0 Å². The summed E-state index contributed by atoms with van der Waals surface area (Å²) >= 11 is 3.37. The summed E-state index contributed by atoms with van der Waals surface area (Å²) < 4.78 is 0. The van der Waals surface area contributed by atoms with Gasteiger partial charge >= 0.3 is 0 Å². The lowest BCUT2D eigenvalue weighted by Gasteiger charge is -2.09. The van der Waals surface area contributed by atoms with Crippen molar-refractivity contribution in [3.63, 3.8) is 0 Å². The van der Waals surface area contributed by atoms with E-state index in [1.165, 1.54) is 16.0 Å². The van der Waals surface area contributed by atoms with Crippen LogP contribution in [0.25, 0.3) is 0 Å². The summed E-state index contributed by atoms with van der Waals surface area (Å²) in [5, 5.41) is 4.16. The molecule has 0 unspecified atom stereocenters. The van der Waals surface area contributed by atoms with Gasteiger partial charge in [0.2, 0.25) is 0 Å². The number of carbonyl (C=O) groups is 1. The summed E-state index contributed by atoms with van der Waals surface area (Å²) in [6, 6.07) is 4.28. The first kappa shape index (κ1) is 9.31. The molecule has 0 spiro atoms. The van der Waals surface area contributed by atoms with Gasteiger partial charge in [-0.25, -0.2) is 0 Å². The van der Waals surface area contributed by atoms with E-state index in [4.69, 9.17) is 0 Å². The maximum Gasteiger partial charge on any atom is 0.173 e. The van der Waals surface area contributed by atoms with Crippen LogP contribution >= 0.6 is 22.7 Å². The number of hydrogen-bond donors (Lipinski definition) is 0. The third kappa shape index (κ3) is 1.56. The Balaban J connectivity index is 2.10. The Morgan fingerprint density at radius 3 is 2.73 bits per heavy atom. The van der Waals surface area contributed by atoms with Gasteiger partial charge in [0.1, 0.15) is 0 Å². The third-order valence-corrected chi connectivity index (χ3v) is 4.82. The second-order valence-electron chi connectivity index (χ2n) is 3.74. The minimum absolute atomic E-state index is 0.319. The van der Waals surface area contributed by atoms with Crippen molar-refractivity contribution in [2.45, 2.75) is 19.3 Å². The molecule has 0 aliphatic heterocycles. The van der Waals surface area contributed by atoms with Crippen LogP contribution < -0.4 is 0 Å². The predicted molar refractivity (Wildman–Crippen MR) is 64.1 cm³/mol. The molecule has 1 aliphatic carbocycles. The second kappa shape index (κ2) is 3.58. The molecule has 0 atom stereocenters. The zero-order chi connectivity index (χ0) is 10.3. The van der Waals surface area contributed by atoms with Crippen molar-refractivity contribution in [1.29, 1.82) is 0 Å².